The minimum atomic E-state index is -0.706. The molecule has 2 aromatic rings. The van der Waals surface area contributed by atoms with Gasteiger partial charge in [-0.3, -0.25) is 4.79 Å². The summed E-state index contributed by atoms with van der Waals surface area (Å²) in [6, 6.07) is 12.7. The van der Waals surface area contributed by atoms with Gasteiger partial charge in [-0.25, -0.2) is 9.69 Å². The van der Waals surface area contributed by atoms with Crippen LogP contribution in [-0.4, -0.2) is 23.9 Å². The van der Waals surface area contributed by atoms with E-state index in [4.69, 9.17) is 23.2 Å². The third-order valence-corrected chi connectivity index (χ3v) is 4.35. The Morgan fingerprint density at radius 2 is 1.64 bits per heavy atom. The van der Waals surface area contributed by atoms with Gasteiger partial charge in [0.1, 0.15) is 6.04 Å². The Bertz CT molecular complexity index is 749. The van der Waals surface area contributed by atoms with Crippen LogP contribution in [0.2, 0.25) is 10.0 Å². The first-order valence-corrected chi connectivity index (χ1v) is 7.37. The van der Waals surface area contributed by atoms with Gasteiger partial charge in [-0.05, 0) is 29.8 Å². The van der Waals surface area contributed by atoms with Crippen molar-refractivity contribution >= 4 is 40.8 Å². The summed E-state index contributed by atoms with van der Waals surface area (Å²) in [5.74, 6) is -0.308. The van der Waals surface area contributed by atoms with Crippen LogP contribution < -0.4 is 4.90 Å². The Morgan fingerprint density at radius 1 is 0.955 bits per heavy atom. The van der Waals surface area contributed by atoms with E-state index in [9.17, 15) is 9.59 Å². The average Bonchev–Trinajstić information content (AvgIpc) is 2.73. The molecule has 0 N–H and O–H groups in total. The lowest BCUT2D eigenvalue weighted by Gasteiger charge is -2.16. The summed E-state index contributed by atoms with van der Waals surface area (Å²) in [7, 11) is 1.59. The van der Waals surface area contributed by atoms with Crippen LogP contribution in [0.3, 0.4) is 0 Å². The number of hydrogen-bond acceptors (Lipinski definition) is 2. The molecule has 3 amide bonds. The van der Waals surface area contributed by atoms with Gasteiger partial charge in [-0.15, -0.1) is 0 Å². The number of carbonyl (C=O) groups is 2. The van der Waals surface area contributed by atoms with Crippen LogP contribution in [0.4, 0.5) is 10.5 Å². The second-order valence-electron chi connectivity index (χ2n) is 4.98. The van der Waals surface area contributed by atoms with Crippen LogP contribution >= 0.6 is 23.2 Å². The summed E-state index contributed by atoms with van der Waals surface area (Å²) in [6.07, 6.45) is 0. The smallest absolute Gasteiger partial charge is 0.311 e. The molecule has 1 aliphatic rings. The van der Waals surface area contributed by atoms with Crippen molar-refractivity contribution in [1.82, 2.24) is 4.90 Å². The number of halogens is 2. The van der Waals surface area contributed by atoms with E-state index in [1.807, 2.05) is 6.07 Å². The van der Waals surface area contributed by atoms with E-state index < -0.39 is 6.04 Å². The van der Waals surface area contributed by atoms with E-state index in [1.54, 1.807) is 49.5 Å². The molecule has 0 unspecified atom stereocenters. The van der Waals surface area contributed by atoms with Gasteiger partial charge >= 0.3 is 6.03 Å². The van der Waals surface area contributed by atoms with Gasteiger partial charge in [0, 0.05) is 7.05 Å². The van der Waals surface area contributed by atoms with E-state index in [0.29, 0.717) is 21.3 Å². The van der Waals surface area contributed by atoms with E-state index in [-0.39, 0.29) is 11.9 Å². The zero-order valence-corrected chi connectivity index (χ0v) is 13.2. The normalized spacial score (nSPS) is 18.2. The summed E-state index contributed by atoms with van der Waals surface area (Å²) in [4.78, 5) is 27.7. The van der Waals surface area contributed by atoms with Crippen molar-refractivity contribution in [2.45, 2.75) is 6.04 Å². The standard InChI is InChI=1S/C16H12Cl2N2O2/c1-19-14(10-7-8-12(17)13(18)9-10)15(21)20(16(19)22)11-5-3-2-4-6-11/h2-9,14H,1H3/t14-/m1/s1. The van der Waals surface area contributed by atoms with Crippen LogP contribution in [0.15, 0.2) is 48.5 Å². The van der Waals surface area contributed by atoms with E-state index in [0.717, 1.165) is 0 Å². The number of imide groups is 1. The second-order valence-corrected chi connectivity index (χ2v) is 5.79. The van der Waals surface area contributed by atoms with Gasteiger partial charge < -0.3 is 4.90 Å². The summed E-state index contributed by atoms with van der Waals surface area (Å²) in [5, 5.41) is 0.760. The molecule has 0 aromatic heterocycles. The third kappa shape index (κ3) is 2.34. The SMILES string of the molecule is CN1C(=O)N(c2ccccc2)C(=O)[C@H]1c1ccc(Cl)c(Cl)c1. The summed E-state index contributed by atoms with van der Waals surface area (Å²) >= 11 is 11.9. The molecule has 6 heteroatoms. The van der Waals surface area contributed by atoms with Gasteiger partial charge in [0.25, 0.3) is 5.91 Å². The fourth-order valence-corrected chi connectivity index (χ4v) is 2.82. The molecule has 1 fully saturated rings. The van der Waals surface area contributed by atoms with Gasteiger partial charge in [-0.1, -0.05) is 47.5 Å². The Morgan fingerprint density at radius 3 is 2.27 bits per heavy atom. The fraction of sp³-hybridized carbons (Fsp3) is 0.125. The van der Waals surface area contributed by atoms with Gasteiger partial charge in [0.05, 0.1) is 15.7 Å². The molecular weight excluding hydrogens is 323 g/mol. The van der Waals surface area contributed by atoms with Crippen LogP contribution in [0.25, 0.3) is 0 Å². The molecule has 2 aromatic carbocycles. The molecule has 1 atom stereocenters. The van der Waals surface area contributed by atoms with Crippen molar-refractivity contribution in [1.29, 1.82) is 0 Å². The van der Waals surface area contributed by atoms with Crippen LogP contribution in [0, 0.1) is 0 Å². The topological polar surface area (TPSA) is 40.6 Å². The number of urea groups is 1. The fourth-order valence-electron chi connectivity index (χ4n) is 2.51. The summed E-state index contributed by atoms with van der Waals surface area (Å²) in [5.41, 5.74) is 1.18. The van der Waals surface area contributed by atoms with Crippen molar-refractivity contribution in [2.75, 3.05) is 11.9 Å². The molecule has 0 radical (unpaired) electrons. The molecule has 1 saturated heterocycles. The number of nitrogens with zero attached hydrogens (tertiary/aromatic N) is 2. The Labute approximate surface area is 137 Å². The molecule has 4 nitrogen and oxygen atoms in total. The average molecular weight is 335 g/mol. The minimum absolute atomic E-state index is 0.308. The molecule has 3 rings (SSSR count). The maximum atomic E-state index is 12.7. The van der Waals surface area contributed by atoms with Crippen molar-refractivity contribution in [3.8, 4) is 0 Å². The Hall–Kier alpha value is -2.04. The minimum Gasteiger partial charge on any atom is -0.311 e. The van der Waals surface area contributed by atoms with Crippen molar-refractivity contribution in [3.63, 3.8) is 0 Å². The zero-order chi connectivity index (χ0) is 15.9. The molecule has 1 aliphatic heterocycles. The molecule has 0 spiro atoms. The monoisotopic (exact) mass is 334 g/mol. The van der Waals surface area contributed by atoms with Crippen molar-refractivity contribution in [3.05, 3.63) is 64.1 Å². The van der Waals surface area contributed by atoms with E-state index in [1.165, 1.54) is 9.80 Å². The predicted molar refractivity (Wildman–Crippen MR) is 86.3 cm³/mol. The van der Waals surface area contributed by atoms with E-state index in [2.05, 4.69) is 0 Å². The van der Waals surface area contributed by atoms with Gasteiger partial charge in [0.2, 0.25) is 0 Å². The second kappa shape index (κ2) is 5.63. The van der Waals surface area contributed by atoms with Gasteiger partial charge in [0.15, 0.2) is 0 Å². The predicted octanol–water partition coefficient (Wildman–Crippen LogP) is 4.13. The summed E-state index contributed by atoms with van der Waals surface area (Å²) < 4.78 is 0. The first-order chi connectivity index (χ1) is 10.5. The Kier molecular flexibility index (Phi) is 3.81. The van der Waals surface area contributed by atoms with Crippen LogP contribution in [0.1, 0.15) is 11.6 Å². The van der Waals surface area contributed by atoms with Crippen molar-refractivity contribution < 1.29 is 9.59 Å². The van der Waals surface area contributed by atoms with Crippen molar-refractivity contribution in [2.24, 2.45) is 0 Å². The highest BCUT2D eigenvalue weighted by Gasteiger charge is 2.44. The van der Waals surface area contributed by atoms with Gasteiger partial charge in [-0.2, -0.15) is 0 Å². The quantitative estimate of drug-likeness (QED) is 0.774. The number of amides is 3. The van der Waals surface area contributed by atoms with Crippen LogP contribution in [-0.2, 0) is 4.79 Å². The number of benzene rings is 2. The van der Waals surface area contributed by atoms with Crippen LogP contribution in [0.5, 0.6) is 0 Å². The maximum absolute atomic E-state index is 12.7. The largest absolute Gasteiger partial charge is 0.332 e. The van der Waals surface area contributed by atoms with E-state index >= 15 is 0 Å². The number of hydrogen-bond donors (Lipinski definition) is 0. The molecule has 0 bridgehead atoms. The highest BCUT2D eigenvalue weighted by atomic mass is 35.5. The Balaban J connectivity index is 2.02. The number of likely N-dealkylation sites (N-methyl/N-ethyl adjacent to an activating group) is 1. The lowest BCUT2D eigenvalue weighted by Crippen LogP contribution is -2.31. The highest BCUT2D eigenvalue weighted by Crippen LogP contribution is 2.35. The zero-order valence-electron chi connectivity index (χ0n) is 11.7. The molecule has 0 saturated carbocycles. The molecular formula is C16H12Cl2N2O2. The number of anilines is 1. The molecule has 22 heavy (non-hydrogen) atoms. The maximum Gasteiger partial charge on any atom is 0.332 e. The lowest BCUT2D eigenvalue weighted by molar-refractivity contribution is -0.119. The lowest BCUT2D eigenvalue weighted by atomic mass is 10.1. The molecule has 1 heterocycles. The highest BCUT2D eigenvalue weighted by molar-refractivity contribution is 6.42. The first-order valence-electron chi connectivity index (χ1n) is 6.61. The molecule has 112 valence electrons. The number of carbonyl (C=O) groups excluding carboxylic acids is 2. The molecule has 0 aliphatic carbocycles. The first kappa shape index (κ1) is 14.9. The number of rotatable bonds is 2. The third-order valence-electron chi connectivity index (χ3n) is 3.61. The summed E-state index contributed by atoms with van der Waals surface area (Å²) in [6.45, 7) is 0. The number of para-hydroxylation sites is 1.